The average Bonchev–Trinajstić information content (AvgIpc) is 3.37. The topological polar surface area (TPSA) is 81.7 Å². The Balaban J connectivity index is 1.51. The molecule has 10 heteroatoms. The highest BCUT2D eigenvalue weighted by molar-refractivity contribution is 7.16. The van der Waals surface area contributed by atoms with Gasteiger partial charge in [-0.15, -0.1) is 21.5 Å². The molecule has 1 aliphatic heterocycles. The summed E-state index contributed by atoms with van der Waals surface area (Å²) in [4.78, 5) is 19.9. The van der Waals surface area contributed by atoms with Gasteiger partial charge in [-0.2, -0.15) is 5.10 Å². The SMILES string of the molecule is CC1c2nnc(-c3c4ncsc4nn3C)n2CCN1C(=O)c1ccc(F)cc1. The molecule has 0 radical (unpaired) electrons. The zero-order chi connectivity index (χ0) is 19.4. The summed E-state index contributed by atoms with van der Waals surface area (Å²) < 4.78 is 17.0. The Bertz CT molecular complexity index is 1190. The maximum Gasteiger partial charge on any atom is 0.254 e. The number of hydrogen-bond acceptors (Lipinski definition) is 6. The Morgan fingerprint density at radius 1 is 1.21 bits per heavy atom. The van der Waals surface area contributed by atoms with Crippen LogP contribution in [0.3, 0.4) is 0 Å². The number of fused-ring (bicyclic) bond motifs is 2. The van der Waals surface area contributed by atoms with Crippen molar-refractivity contribution in [3.8, 4) is 11.5 Å². The van der Waals surface area contributed by atoms with Crippen LogP contribution < -0.4 is 0 Å². The van der Waals surface area contributed by atoms with Crippen molar-refractivity contribution in [3.63, 3.8) is 0 Å². The van der Waals surface area contributed by atoms with E-state index >= 15 is 0 Å². The van der Waals surface area contributed by atoms with Gasteiger partial charge in [0.1, 0.15) is 17.0 Å². The summed E-state index contributed by atoms with van der Waals surface area (Å²) in [7, 11) is 1.86. The van der Waals surface area contributed by atoms with E-state index in [1.807, 2.05) is 18.5 Å². The van der Waals surface area contributed by atoms with E-state index in [1.54, 1.807) is 15.1 Å². The molecule has 5 rings (SSSR count). The van der Waals surface area contributed by atoms with Gasteiger partial charge >= 0.3 is 0 Å². The molecule has 8 nitrogen and oxygen atoms in total. The fraction of sp³-hybridized carbons (Fsp3) is 0.278. The minimum absolute atomic E-state index is 0.147. The summed E-state index contributed by atoms with van der Waals surface area (Å²) in [6.45, 7) is 2.99. The molecule has 0 N–H and O–H groups in total. The highest BCUT2D eigenvalue weighted by Gasteiger charge is 2.33. The van der Waals surface area contributed by atoms with Crippen LogP contribution in [0.1, 0.15) is 29.1 Å². The fourth-order valence-electron chi connectivity index (χ4n) is 3.66. The molecule has 1 unspecified atom stereocenters. The second-order valence-corrected chi connectivity index (χ2v) is 7.53. The van der Waals surface area contributed by atoms with Gasteiger partial charge in [-0.1, -0.05) is 0 Å². The van der Waals surface area contributed by atoms with E-state index in [1.165, 1.54) is 35.6 Å². The van der Waals surface area contributed by atoms with E-state index in [0.29, 0.717) is 30.3 Å². The Morgan fingerprint density at radius 2 is 2.00 bits per heavy atom. The molecule has 1 amide bonds. The predicted molar refractivity (Wildman–Crippen MR) is 101 cm³/mol. The summed E-state index contributed by atoms with van der Waals surface area (Å²) in [5.41, 5.74) is 3.85. The van der Waals surface area contributed by atoms with Gasteiger partial charge in [0.2, 0.25) is 0 Å². The van der Waals surface area contributed by atoms with Gasteiger partial charge in [-0.3, -0.25) is 9.48 Å². The van der Waals surface area contributed by atoms with Gasteiger partial charge in [0.15, 0.2) is 16.5 Å². The third kappa shape index (κ3) is 2.44. The second-order valence-electron chi connectivity index (χ2n) is 6.69. The number of aromatic nitrogens is 6. The second kappa shape index (κ2) is 6.20. The zero-order valence-corrected chi connectivity index (χ0v) is 16.0. The lowest BCUT2D eigenvalue weighted by molar-refractivity contribution is 0.0638. The van der Waals surface area contributed by atoms with Crippen LogP contribution in [0.5, 0.6) is 0 Å². The van der Waals surface area contributed by atoms with E-state index in [2.05, 4.69) is 20.3 Å². The summed E-state index contributed by atoms with van der Waals surface area (Å²) in [5.74, 6) is 0.899. The highest BCUT2D eigenvalue weighted by Crippen LogP contribution is 2.32. The standard InChI is InChI=1S/C18H16FN7OS/c1-10-15-21-22-16(14-13-17(23-24(14)2)28-9-20-13)26(15)8-7-25(10)18(27)11-3-5-12(19)6-4-11/h3-6,9-10H,7-8H2,1-2H3. The van der Waals surface area contributed by atoms with Gasteiger partial charge in [-0.05, 0) is 31.2 Å². The number of carbonyl (C=O) groups is 1. The molecule has 0 saturated carbocycles. The maximum absolute atomic E-state index is 13.2. The molecule has 0 bridgehead atoms. The lowest BCUT2D eigenvalue weighted by atomic mass is 10.1. The molecule has 1 aromatic carbocycles. The van der Waals surface area contributed by atoms with Crippen LogP contribution in [0.15, 0.2) is 29.8 Å². The molecule has 1 aliphatic rings. The van der Waals surface area contributed by atoms with E-state index < -0.39 is 0 Å². The van der Waals surface area contributed by atoms with Crippen LogP contribution in [-0.4, -0.2) is 46.9 Å². The van der Waals surface area contributed by atoms with Crippen molar-refractivity contribution in [1.29, 1.82) is 0 Å². The minimum atomic E-state index is -0.364. The van der Waals surface area contributed by atoms with Gasteiger partial charge in [-0.25, -0.2) is 9.37 Å². The van der Waals surface area contributed by atoms with Crippen molar-refractivity contribution in [3.05, 3.63) is 47.0 Å². The van der Waals surface area contributed by atoms with E-state index in [9.17, 15) is 9.18 Å². The number of hydrogen-bond donors (Lipinski definition) is 0. The van der Waals surface area contributed by atoms with Gasteiger partial charge in [0.05, 0.1) is 11.6 Å². The number of carbonyl (C=O) groups excluding carboxylic acids is 1. The zero-order valence-electron chi connectivity index (χ0n) is 15.2. The normalized spacial score (nSPS) is 16.5. The van der Waals surface area contributed by atoms with Crippen LogP contribution in [0.2, 0.25) is 0 Å². The Labute approximate surface area is 163 Å². The van der Waals surface area contributed by atoms with Crippen molar-refractivity contribution < 1.29 is 9.18 Å². The molecule has 4 aromatic rings. The number of amides is 1. The van der Waals surface area contributed by atoms with Crippen molar-refractivity contribution >= 4 is 27.6 Å². The number of benzene rings is 1. The highest BCUT2D eigenvalue weighted by atomic mass is 32.1. The molecule has 0 aliphatic carbocycles. The summed E-state index contributed by atoms with van der Waals surface area (Å²) >= 11 is 1.48. The van der Waals surface area contributed by atoms with Crippen molar-refractivity contribution in [2.24, 2.45) is 7.05 Å². The summed E-state index contributed by atoms with van der Waals surface area (Å²) in [5, 5.41) is 13.2. The summed E-state index contributed by atoms with van der Waals surface area (Å²) in [6.07, 6.45) is 0. The predicted octanol–water partition coefficient (Wildman–Crippen LogP) is 2.64. The molecule has 3 aromatic heterocycles. The van der Waals surface area contributed by atoms with Gasteiger partial charge in [0, 0.05) is 25.7 Å². The first-order chi connectivity index (χ1) is 13.5. The van der Waals surface area contributed by atoms with Crippen molar-refractivity contribution in [1.82, 2.24) is 34.4 Å². The smallest absolute Gasteiger partial charge is 0.254 e. The summed E-state index contributed by atoms with van der Waals surface area (Å²) in [6, 6.07) is 5.34. The van der Waals surface area contributed by atoms with Gasteiger partial charge in [0.25, 0.3) is 5.91 Å². The van der Waals surface area contributed by atoms with Gasteiger partial charge < -0.3 is 9.47 Å². The number of halogens is 1. The van der Waals surface area contributed by atoms with Crippen LogP contribution in [0.4, 0.5) is 4.39 Å². The van der Waals surface area contributed by atoms with E-state index in [-0.39, 0.29) is 17.8 Å². The number of thiazole rings is 1. The molecule has 4 heterocycles. The van der Waals surface area contributed by atoms with Crippen LogP contribution in [0.25, 0.3) is 21.9 Å². The number of rotatable bonds is 2. The third-order valence-electron chi connectivity index (χ3n) is 5.09. The van der Waals surface area contributed by atoms with E-state index in [0.717, 1.165) is 16.0 Å². The van der Waals surface area contributed by atoms with E-state index in [4.69, 9.17) is 0 Å². The first-order valence-electron chi connectivity index (χ1n) is 8.81. The molecule has 0 spiro atoms. The largest absolute Gasteiger partial charge is 0.327 e. The molecular formula is C18H16FN7OS. The maximum atomic E-state index is 13.2. The van der Waals surface area contributed by atoms with Crippen molar-refractivity contribution in [2.75, 3.05) is 6.54 Å². The third-order valence-corrected chi connectivity index (χ3v) is 5.80. The molecule has 0 fully saturated rings. The first-order valence-corrected chi connectivity index (χ1v) is 9.68. The average molecular weight is 397 g/mol. The quantitative estimate of drug-likeness (QED) is 0.519. The van der Waals surface area contributed by atoms with Crippen molar-refractivity contribution in [2.45, 2.75) is 19.5 Å². The number of nitrogens with zero attached hydrogens (tertiary/aromatic N) is 7. The monoisotopic (exact) mass is 397 g/mol. The minimum Gasteiger partial charge on any atom is -0.327 e. The van der Waals surface area contributed by atoms with Crippen LogP contribution in [0, 0.1) is 5.82 Å². The fourth-order valence-corrected chi connectivity index (χ4v) is 4.35. The van der Waals surface area contributed by atoms with Crippen LogP contribution >= 0.6 is 11.3 Å². The molecule has 1 atom stereocenters. The lowest BCUT2D eigenvalue weighted by Gasteiger charge is -2.33. The Morgan fingerprint density at radius 3 is 2.79 bits per heavy atom. The Hall–Kier alpha value is -3.14. The molecule has 28 heavy (non-hydrogen) atoms. The molecular weight excluding hydrogens is 381 g/mol. The molecule has 0 saturated heterocycles. The Kier molecular flexibility index (Phi) is 3.76. The first kappa shape index (κ1) is 17.0. The number of aryl methyl sites for hydroxylation is 1. The molecule has 142 valence electrons. The van der Waals surface area contributed by atoms with Crippen LogP contribution in [-0.2, 0) is 13.6 Å². The lowest BCUT2D eigenvalue weighted by Crippen LogP contribution is -2.41.